The molecular formula is C16H15ClN2O2. The van der Waals surface area contributed by atoms with Crippen molar-refractivity contribution in [2.75, 3.05) is 11.9 Å². The molecule has 0 spiro atoms. The molecule has 2 aromatic carbocycles. The van der Waals surface area contributed by atoms with Crippen LogP contribution in [0.3, 0.4) is 0 Å². The van der Waals surface area contributed by atoms with Crippen molar-refractivity contribution in [2.24, 2.45) is 0 Å². The summed E-state index contributed by atoms with van der Waals surface area (Å²) in [6.07, 6.45) is 0. The first-order valence-corrected chi connectivity index (χ1v) is 6.90. The summed E-state index contributed by atoms with van der Waals surface area (Å²) in [6.45, 7) is 2.70. The van der Waals surface area contributed by atoms with E-state index in [9.17, 15) is 5.11 Å². The van der Waals surface area contributed by atoms with Crippen LogP contribution in [0, 0.1) is 11.3 Å². The molecule has 21 heavy (non-hydrogen) atoms. The predicted octanol–water partition coefficient (Wildman–Crippen LogP) is 3.93. The van der Waals surface area contributed by atoms with Gasteiger partial charge in [-0.3, -0.25) is 0 Å². The number of nitrogens with zero attached hydrogens (tertiary/aromatic N) is 1. The number of benzene rings is 2. The van der Waals surface area contributed by atoms with Crippen molar-refractivity contribution in [1.82, 2.24) is 0 Å². The molecule has 4 nitrogen and oxygen atoms in total. The van der Waals surface area contributed by atoms with Crippen LogP contribution in [0.15, 0.2) is 36.4 Å². The fraction of sp³-hybridized carbons (Fsp3) is 0.188. The van der Waals surface area contributed by atoms with Crippen LogP contribution in [0.5, 0.6) is 11.5 Å². The minimum Gasteiger partial charge on any atom is -0.504 e. The summed E-state index contributed by atoms with van der Waals surface area (Å²) >= 11 is 5.93. The zero-order valence-electron chi connectivity index (χ0n) is 11.6. The van der Waals surface area contributed by atoms with Gasteiger partial charge in [0.25, 0.3) is 0 Å². The number of hydrogen-bond acceptors (Lipinski definition) is 4. The van der Waals surface area contributed by atoms with Gasteiger partial charge in [0.2, 0.25) is 0 Å². The second-order valence-electron chi connectivity index (χ2n) is 4.35. The van der Waals surface area contributed by atoms with E-state index in [0.717, 1.165) is 0 Å². The third-order valence-corrected chi connectivity index (χ3v) is 3.19. The van der Waals surface area contributed by atoms with Crippen LogP contribution in [0.25, 0.3) is 0 Å². The van der Waals surface area contributed by atoms with E-state index < -0.39 is 0 Å². The molecule has 0 fully saturated rings. The Bertz CT molecular complexity index is 680. The predicted molar refractivity (Wildman–Crippen MR) is 82.8 cm³/mol. The van der Waals surface area contributed by atoms with Crippen LogP contribution in [-0.4, -0.2) is 11.7 Å². The van der Waals surface area contributed by atoms with Crippen molar-refractivity contribution < 1.29 is 9.84 Å². The maximum absolute atomic E-state index is 10.1. The van der Waals surface area contributed by atoms with Gasteiger partial charge in [-0.05, 0) is 31.2 Å². The molecule has 0 atom stereocenters. The van der Waals surface area contributed by atoms with Gasteiger partial charge in [-0.1, -0.05) is 23.7 Å². The van der Waals surface area contributed by atoms with Crippen molar-refractivity contribution in [3.8, 4) is 17.6 Å². The first-order valence-electron chi connectivity index (χ1n) is 6.53. The maximum Gasteiger partial charge on any atom is 0.162 e. The Morgan fingerprint density at radius 3 is 2.86 bits per heavy atom. The topological polar surface area (TPSA) is 65.3 Å². The smallest absolute Gasteiger partial charge is 0.162 e. The second kappa shape index (κ2) is 6.87. The van der Waals surface area contributed by atoms with E-state index in [-0.39, 0.29) is 5.75 Å². The fourth-order valence-corrected chi connectivity index (χ4v) is 2.11. The average molecular weight is 303 g/mol. The molecule has 0 bridgehead atoms. The number of nitrogens with one attached hydrogen (secondary N) is 1. The van der Waals surface area contributed by atoms with E-state index in [1.807, 2.05) is 13.0 Å². The highest BCUT2D eigenvalue weighted by molar-refractivity contribution is 6.30. The number of phenols is 1. The zero-order valence-corrected chi connectivity index (χ0v) is 12.3. The van der Waals surface area contributed by atoms with Gasteiger partial charge in [-0.15, -0.1) is 0 Å². The molecule has 2 aromatic rings. The largest absolute Gasteiger partial charge is 0.504 e. The zero-order chi connectivity index (χ0) is 15.2. The molecule has 2 rings (SSSR count). The van der Waals surface area contributed by atoms with Crippen LogP contribution in [-0.2, 0) is 6.54 Å². The second-order valence-corrected chi connectivity index (χ2v) is 4.79. The molecule has 0 heterocycles. The number of aromatic hydroxyl groups is 1. The average Bonchev–Trinajstić information content (AvgIpc) is 2.48. The van der Waals surface area contributed by atoms with Crippen molar-refractivity contribution in [3.05, 3.63) is 52.5 Å². The highest BCUT2D eigenvalue weighted by Crippen LogP contribution is 2.30. The van der Waals surface area contributed by atoms with E-state index >= 15 is 0 Å². The van der Waals surface area contributed by atoms with Gasteiger partial charge in [0.15, 0.2) is 11.5 Å². The Balaban J connectivity index is 2.19. The molecule has 108 valence electrons. The number of nitriles is 1. The lowest BCUT2D eigenvalue weighted by atomic mass is 10.1. The molecule has 5 heteroatoms. The SMILES string of the molecule is CCOc1cccc(CNc2cc(Cl)ccc2C#N)c1O. The minimum absolute atomic E-state index is 0.104. The van der Waals surface area contributed by atoms with Crippen molar-refractivity contribution in [3.63, 3.8) is 0 Å². The number of ether oxygens (including phenoxy) is 1. The number of phenolic OH excluding ortho intramolecular Hbond substituents is 1. The Morgan fingerprint density at radius 1 is 1.33 bits per heavy atom. The molecule has 0 radical (unpaired) electrons. The molecule has 0 saturated heterocycles. The Labute approximate surface area is 128 Å². The summed E-state index contributed by atoms with van der Waals surface area (Å²) in [5.41, 5.74) is 1.82. The third kappa shape index (κ3) is 3.59. The van der Waals surface area contributed by atoms with Gasteiger partial charge in [0.1, 0.15) is 6.07 Å². The lowest BCUT2D eigenvalue weighted by Crippen LogP contribution is -2.02. The van der Waals surface area contributed by atoms with Crippen LogP contribution in [0.2, 0.25) is 5.02 Å². The quantitative estimate of drug-likeness (QED) is 0.878. The highest BCUT2D eigenvalue weighted by Gasteiger charge is 2.09. The molecule has 0 unspecified atom stereocenters. The first kappa shape index (κ1) is 15.0. The summed E-state index contributed by atoms with van der Waals surface area (Å²) < 4.78 is 5.34. The summed E-state index contributed by atoms with van der Waals surface area (Å²) in [4.78, 5) is 0. The van der Waals surface area contributed by atoms with Gasteiger partial charge in [0.05, 0.1) is 17.9 Å². The van der Waals surface area contributed by atoms with E-state index in [1.165, 1.54) is 0 Å². The standard InChI is InChI=1S/C16H15ClN2O2/c1-2-21-15-5-3-4-12(16(15)20)10-19-14-8-13(17)7-6-11(14)9-18/h3-8,19-20H,2,10H2,1H3. The molecule has 0 amide bonds. The van der Waals surface area contributed by atoms with E-state index in [4.69, 9.17) is 21.6 Å². The Kier molecular flexibility index (Phi) is 4.91. The molecule has 0 aliphatic heterocycles. The Hall–Kier alpha value is -2.38. The summed E-state index contributed by atoms with van der Waals surface area (Å²) in [5.74, 6) is 0.552. The number of para-hydroxylation sites is 1. The van der Waals surface area contributed by atoms with Gasteiger partial charge < -0.3 is 15.2 Å². The molecular weight excluding hydrogens is 288 g/mol. The van der Waals surface area contributed by atoms with E-state index in [2.05, 4.69) is 11.4 Å². The van der Waals surface area contributed by atoms with Crippen LogP contribution < -0.4 is 10.1 Å². The normalized spacial score (nSPS) is 9.95. The molecule has 2 N–H and O–H groups in total. The monoisotopic (exact) mass is 302 g/mol. The fourth-order valence-electron chi connectivity index (χ4n) is 1.93. The summed E-state index contributed by atoms with van der Waals surface area (Å²) in [5, 5.41) is 22.8. The Morgan fingerprint density at radius 2 is 2.14 bits per heavy atom. The van der Waals surface area contributed by atoms with Crippen LogP contribution >= 0.6 is 11.6 Å². The minimum atomic E-state index is 0.104. The van der Waals surface area contributed by atoms with E-state index in [0.29, 0.717) is 40.7 Å². The van der Waals surface area contributed by atoms with Crippen molar-refractivity contribution >= 4 is 17.3 Å². The van der Waals surface area contributed by atoms with Gasteiger partial charge >= 0.3 is 0 Å². The summed E-state index contributed by atoms with van der Waals surface area (Å²) in [7, 11) is 0. The third-order valence-electron chi connectivity index (χ3n) is 2.95. The van der Waals surface area contributed by atoms with Crippen LogP contribution in [0.1, 0.15) is 18.1 Å². The summed E-state index contributed by atoms with van der Waals surface area (Å²) in [6, 6.07) is 12.4. The molecule has 0 aliphatic carbocycles. The highest BCUT2D eigenvalue weighted by atomic mass is 35.5. The molecule has 0 aromatic heterocycles. The van der Waals surface area contributed by atoms with Crippen LogP contribution in [0.4, 0.5) is 5.69 Å². The van der Waals surface area contributed by atoms with Crippen molar-refractivity contribution in [1.29, 1.82) is 5.26 Å². The number of anilines is 1. The number of rotatable bonds is 5. The maximum atomic E-state index is 10.1. The van der Waals surface area contributed by atoms with Gasteiger partial charge in [-0.2, -0.15) is 5.26 Å². The number of hydrogen-bond donors (Lipinski definition) is 2. The van der Waals surface area contributed by atoms with E-state index in [1.54, 1.807) is 30.3 Å². The lowest BCUT2D eigenvalue weighted by molar-refractivity contribution is 0.317. The molecule has 0 aliphatic rings. The van der Waals surface area contributed by atoms with Crippen molar-refractivity contribution in [2.45, 2.75) is 13.5 Å². The number of halogens is 1. The lowest BCUT2D eigenvalue weighted by Gasteiger charge is -2.12. The molecule has 0 saturated carbocycles. The van der Waals surface area contributed by atoms with Gasteiger partial charge in [-0.25, -0.2) is 0 Å². The van der Waals surface area contributed by atoms with Gasteiger partial charge in [0, 0.05) is 17.1 Å². The first-order chi connectivity index (χ1) is 10.2.